The van der Waals surface area contributed by atoms with E-state index in [1.165, 1.54) is 32.1 Å². The number of hydrogen-bond acceptors (Lipinski definition) is 3. The number of nitro groups is 1. The van der Waals surface area contributed by atoms with Crippen LogP contribution in [0, 0.1) is 28.9 Å². The maximum absolute atomic E-state index is 10.9. The molecular formula is C17H26N2O2. The van der Waals surface area contributed by atoms with Crippen molar-refractivity contribution in [3.05, 3.63) is 39.4 Å². The summed E-state index contributed by atoms with van der Waals surface area (Å²) < 4.78 is 0. The van der Waals surface area contributed by atoms with Gasteiger partial charge in [-0.1, -0.05) is 38.3 Å². The molecule has 1 saturated carbocycles. The second kappa shape index (κ2) is 7.55. The fraction of sp³-hybridized carbons (Fsp3) is 0.647. The SMILES string of the molecule is CCC1CCC(CNCc2cccc([N+](=O)[O-])c2C)CC1. The Bertz CT molecular complexity index is 480. The van der Waals surface area contributed by atoms with Crippen LogP contribution in [0.1, 0.15) is 50.2 Å². The summed E-state index contributed by atoms with van der Waals surface area (Å²) in [6.45, 7) is 5.87. The van der Waals surface area contributed by atoms with Crippen molar-refractivity contribution in [3.8, 4) is 0 Å². The predicted octanol–water partition coefficient (Wildman–Crippen LogP) is 4.21. The number of rotatable bonds is 6. The molecule has 1 aliphatic rings. The normalized spacial score (nSPS) is 22.2. The smallest absolute Gasteiger partial charge is 0.272 e. The van der Waals surface area contributed by atoms with E-state index in [4.69, 9.17) is 0 Å². The number of nitrogens with zero attached hydrogens (tertiary/aromatic N) is 1. The summed E-state index contributed by atoms with van der Waals surface area (Å²) in [5, 5.41) is 14.4. The van der Waals surface area contributed by atoms with Gasteiger partial charge < -0.3 is 5.32 Å². The van der Waals surface area contributed by atoms with Gasteiger partial charge >= 0.3 is 0 Å². The highest BCUT2D eigenvalue weighted by molar-refractivity contribution is 5.44. The zero-order valence-corrected chi connectivity index (χ0v) is 13.1. The van der Waals surface area contributed by atoms with E-state index >= 15 is 0 Å². The van der Waals surface area contributed by atoms with E-state index in [1.807, 2.05) is 13.0 Å². The van der Waals surface area contributed by atoms with Crippen molar-refractivity contribution in [2.45, 2.75) is 52.5 Å². The summed E-state index contributed by atoms with van der Waals surface area (Å²) in [4.78, 5) is 10.6. The lowest BCUT2D eigenvalue weighted by Gasteiger charge is -2.28. The van der Waals surface area contributed by atoms with Crippen molar-refractivity contribution in [3.63, 3.8) is 0 Å². The third-order valence-electron chi connectivity index (χ3n) is 4.91. The molecule has 0 bridgehead atoms. The first kappa shape index (κ1) is 16.0. The minimum atomic E-state index is -0.301. The van der Waals surface area contributed by atoms with Gasteiger partial charge in [0.2, 0.25) is 0 Å². The van der Waals surface area contributed by atoms with Gasteiger partial charge in [0.05, 0.1) is 4.92 Å². The third kappa shape index (κ3) is 4.27. The van der Waals surface area contributed by atoms with Crippen LogP contribution in [-0.2, 0) is 6.54 Å². The van der Waals surface area contributed by atoms with Crippen LogP contribution in [0.5, 0.6) is 0 Å². The first-order valence-electron chi connectivity index (χ1n) is 8.05. The van der Waals surface area contributed by atoms with E-state index in [0.29, 0.717) is 0 Å². The summed E-state index contributed by atoms with van der Waals surface area (Å²) in [6.07, 6.45) is 6.67. The van der Waals surface area contributed by atoms with E-state index in [1.54, 1.807) is 12.1 Å². The lowest BCUT2D eigenvalue weighted by atomic mass is 9.81. The molecule has 0 atom stereocenters. The van der Waals surface area contributed by atoms with Gasteiger partial charge in [0.1, 0.15) is 0 Å². The van der Waals surface area contributed by atoms with Crippen LogP contribution in [0.4, 0.5) is 5.69 Å². The van der Waals surface area contributed by atoms with Crippen molar-refractivity contribution in [2.24, 2.45) is 11.8 Å². The van der Waals surface area contributed by atoms with Gasteiger partial charge in [-0.15, -0.1) is 0 Å². The highest BCUT2D eigenvalue weighted by Gasteiger charge is 2.19. The predicted molar refractivity (Wildman–Crippen MR) is 85.3 cm³/mol. The molecular weight excluding hydrogens is 264 g/mol. The van der Waals surface area contributed by atoms with Crippen LogP contribution in [0.15, 0.2) is 18.2 Å². The first-order chi connectivity index (χ1) is 10.1. The fourth-order valence-electron chi connectivity index (χ4n) is 3.31. The number of nitro benzene ring substituents is 1. The van der Waals surface area contributed by atoms with Gasteiger partial charge in [0, 0.05) is 18.2 Å². The lowest BCUT2D eigenvalue weighted by molar-refractivity contribution is -0.385. The van der Waals surface area contributed by atoms with Crippen LogP contribution in [-0.4, -0.2) is 11.5 Å². The largest absolute Gasteiger partial charge is 0.312 e. The van der Waals surface area contributed by atoms with Gasteiger partial charge in [-0.3, -0.25) is 10.1 Å². The van der Waals surface area contributed by atoms with Crippen LogP contribution in [0.3, 0.4) is 0 Å². The summed E-state index contributed by atoms with van der Waals surface area (Å²) >= 11 is 0. The van der Waals surface area contributed by atoms with E-state index < -0.39 is 0 Å². The molecule has 0 radical (unpaired) electrons. The van der Waals surface area contributed by atoms with Crippen LogP contribution in [0.25, 0.3) is 0 Å². The molecule has 116 valence electrons. The van der Waals surface area contributed by atoms with Gasteiger partial charge in [0.25, 0.3) is 5.69 Å². The highest BCUT2D eigenvalue weighted by atomic mass is 16.6. The summed E-state index contributed by atoms with van der Waals surface area (Å²) in [6, 6.07) is 5.32. The van der Waals surface area contributed by atoms with Crippen molar-refractivity contribution in [2.75, 3.05) is 6.54 Å². The molecule has 0 aliphatic heterocycles. The third-order valence-corrected chi connectivity index (χ3v) is 4.91. The Morgan fingerprint density at radius 2 is 1.90 bits per heavy atom. The molecule has 1 aromatic rings. The molecule has 0 amide bonds. The van der Waals surface area contributed by atoms with Crippen LogP contribution in [0.2, 0.25) is 0 Å². The maximum Gasteiger partial charge on any atom is 0.272 e. The summed E-state index contributed by atoms with van der Waals surface area (Å²) in [5.74, 6) is 1.70. The minimum Gasteiger partial charge on any atom is -0.312 e. The Labute approximate surface area is 127 Å². The zero-order valence-electron chi connectivity index (χ0n) is 13.1. The molecule has 4 nitrogen and oxygen atoms in total. The van der Waals surface area contributed by atoms with Crippen molar-refractivity contribution in [1.82, 2.24) is 5.32 Å². The van der Waals surface area contributed by atoms with E-state index in [-0.39, 0.29) is 10.6 Å². The second-order valence-corrected chi connectivity index (χ2v) is 6.24. The average molecular weight is 290 g/mol. The maximum atomic E-state index is 10.9. The molecule has 1 aromatic carbocycles. The summed E-state index contributed by atoms with van der Waals surface area (Å²) in [7, 11) is 0. The molecule has 0 spiro atoms. The van der Waals surface area contributed by atoms with E-state index in [2.05, 4.69) is 12.2 Å². The van der Waals surface area contributed by atoms with Crippen molar-refractivity contribution >= 4 is 5.69 Å². The van der Waals surface area contributed by atoms with Gasteiger partial charge in [-0.05, 0) is 43.7 Å². The number of hydrogen-bond donors (Lipinski definition) is 1. The molecule has 1 aliphatic carbocycles. The fourth-order valence-corrected chi connectivity index (χ4v) is 3.31. The standard InChI is InChI=1S/C17H26N2O2/c1-3-14-7-9-15(10-8-14)11-18-12-16-5-4-6-17(13(16)2)19(20)21/h4-6,14-15,18H,3,7-12H2,1-2H3. The first-order valence-corrected chi connectivity index (χ1v) is 8.05. The highest BCUT2D eigenvalue weighted by Crippen LogP contribution is 2.30. The monoisotopic (exact) mass is 290 g/mol. The lowest BCUT2D eigenvalue weighted by Crippen LogP contribution is -2.26. The molecule has 0 aromatic heterocycles. The average Bonchev–Trinajstić information content (AvgIpc) is 2.49. The Hall–Kier alpha value is -1.42. The Morgan fingerprint density at radius 1 is 1.24 bits per heavy atom. The van der Waals surface area contributed by atoms with Crippen LogP contribution >= 0.6 is 0 Å². The number of nitrogens with one attached hydrogen (secondary N) is 1. The zero-order chi connectivity index (χ0) is 15.2. The Balaban J connectivity index is 1.82. The Morgan fingerprint density at radius 3 is 2.52 bits per heavy atom. The second-order valence-electron chi connectivity index (χ2n) is 6.24. The van der Waals surface area contributed by atoms with Gasteiger partial charge in [0.15, 0.2) is 0 Å². The van der Waals surface area contributed by atoms with Gasteiger partial charge in [-0.2, -0.15) is 0 Å². The van der Waals surface area contributed by atoms with Gasteiger partial charge in [-0.25, -0.2) is 0 Å². The molecule has 4 heteroatoms. The molecule has 1 N–H and O–H groups in total. The molecule has 0 heterocycles. The molecule has 0 unspecified atom stereocenters. The number of benzene rings is 1. The Kier molecular flexibility index (Phi) is 5.74. The topological polar surface area (TPSA) is 55.2 Å². The van der Waals surface area contributed by atoms with E-state index in [9.17, 15) is 10.1 Å². The molecule has 2 rings (SSSR count). The van der Waals surface area contributed by atoms with Crippen LogP contribution < -0.4 is 5.32 Å². The summed E-state index contributed by atoms with van der Waals surface area (Å²) in [5.41, 5.74) is 2.04. The van der Waals surface area contributed by atoms with Crippen molar-refractivity contribution < 1.29 is 4.92 Å². The molecule has 0 saturated heterocycles. The quantitative estimate of drug-likeness (QED) is 0.630. The molecule has 21 heavy (non-hydrogen) atoms. The van der Waals surface area contributed by atoms with E-state index in [0.717, 1.165) is 36.1 Å². The minimum absolute atomic E-state index is 0.220. The molecule has 1 fully saturated rings. The van der Waals surface area contributed by atoms with Crippen molar-refractivity contribution in [1.29, 1.82) is 0 Å².